The minimum absolute atomic E-state index is 0.0127. The van der Waals surface area contributed by atoms with E-state index >= 15 is 0 Å². The fourth-order valence-electron chi connectivity index (χ4n) is 1.22. The number of urea groups is 1. The van der Waals surface area contributed by atoms with Crippen LogP contribution in [0.25, 0.3) is 0 Å². The molecular weight excluding hydrogens is 248 g/mol. The Labute approximate surface area is 112 Å². The van der Waals surface area contributed by atoms with Gasteiger partial charge in [-0.3, -0.25) is 0 Å². The van der Waals surface area contributed by atoms with Crippen molar-refractivity contribution in [3.05, 3.63) is 23.7 Å². The van der Waals surface area contributed by atoms with Crippen LogP contribution in [0.15, 0.2) is 16.5 Å². The molecule has 0 saturated carbocycles. The number of hydrogen-bond donors (Lipinski definition) is 3. The van der Waals surface area contributed by atoms with Crippen molar-refractivity contribution >= 4 is 12.0 Å². The van der Waals surface area contributed by atoms with E-state index in [-0.39, 0.29) is 29.8 Å². The van der Waals surface area contributed by atoms with E-state index in [4.69, 9.17) is 9.52 Å². The summed E-state index contributed by atoms with van der Waals surface area (Å²) in [4.78, 5) is 22.2. The Bertz CT molecular complexity index is 459. The average molecular weight is 268 g/mol. The molecule has 19 heavy (non-hydrogen) atoms. The molecule has 0 aromatic carbocycles. The molecule has 6 nitrogen and oxygen atoms in total. The SMILES string of the molecule is CC(NC(=O)NCc1ccc(C(=O)O)o1)C(C)(C)C. The summed E-state index contributed by atoms with van der Waals surface area (Å²) in [6.45, 7) is 8.17. The summed E-state index contributed by atoms with van der Waals surface area (Å²) in [7, 11) is 0. The molecule has 3 N–H and O–H groups in total. The zero-order chi connectivity index (χ0) is 14.6. The molecule has 0 aliphatic rings. The number of carbonyl (C=O) groups excluding carboxylic acids is 1. The summed E-state index contributed by atoms with van der Waals surface area (Å²) >= 11 is 0. The number of rotatable bonds is 4. The third kappa shape index (κ3) is 4.65. The minimum Gasteiger partial charge on any atom is -0.475 e. The number of amides is 2. The van der Waals surface area contributed by atoms with E-state index < -0.39 is 5.97 Å². The smallest absolute Gasteiger partial charge is 0.371 e. The fraction of sp³-hybridized carbons (Fsp3) is 0.538. The zero-order valence-electron chi connectivity index (χ0n) is 11.6. The quantitative estimate of drug-likeness (QED) is 0.780. The lowest BCUT2D eigenvalue weighted by Gasteiger charge is -2.27. The van der Waals surface area contributed by atoms with Gasteiger partial charge in [0.25, 0.3) is 0 Å². The van der Waals surface area contributed by atoms with Crippen molar-refractivity contribution < 1.29 is 19.1 Å². The van der Waals surface area contributed by atoms with E-state index in [0.717, 1.165) is 0 Å². The predicted octanol–water partition coefficient (Wildman–Crippen LogP) is 2.21. The molecule has 2 amide bonds. The molecule has 1 heterocycles. The lowest BCUT2D eigenvalue weighted by molar-refractivity contribution is 0.0660. The van der Waals surface area contributed by atoms with Gasteiger partial charge in [-0.1, -0.05) is 20.8 Å². The molecule has 0 radical (unpaired) electrons. The molecule has 0 fully saturated rings. The summed E-state index contributed by atoms with van der Waals surface area (Å²) in [5.41, 5.74) is -0.0293. The fourth-order valence-corrected chi connectivity index (χ4v) is 1.22. The highest BCUT2D eigenvalue weighted by atomic mass is 16.4. The Balaban J connectivity index is 2.44. The van der Waals surface area contributed by atoms with E-state index in [1.165, 1.54) is 12.1 Å². The van der Waals surface area contributed by atoms with Gasteiger partial charge in [0.1, 0.15) is 5.76 Å². The predicted molar refractivity (Wildman–Crippen MR) is 70.0 cm³/mol. The third-order valence-corrected chi connectivity index (χ3v) is 2.94. The van der Waals surface area contributed by atoms with Gasteiger partial charge in [0, 0.05) is 6.04 Å². The topological polar surface area (TPSA) is 91.6 Å². The van der Waals surface area contributed by atoms with Crippen LogP contribution in [0.2, 0.25) is 0 Å². The number of aromatic carboxylic acids is 1. The van der Waals surface area contributed by atoms with Crippen LogP contribution in [0.1, 0.15) is 44.0 Å². The van der Waals surface area contributed by atoms with Crippen molar-refractivity contribution in [1.82, 2.24) is 10.6 Å². The van der Waals surface area contributed by atoms with Gasteiger partial charge < -0.3 is 20.2 Å². The second-order valence-electron chi connectivity index (χ2n) is 5.49. The molecule has 1 aromatic heterocycles. The summed E-state index contributed by atoms with van der Waals surface area (Å²) in [5, 5.41) is 14.1. The molecule has 0 spiro atoms. The highest BCUT2D eigenvalue weighted by Gasteiger charge is 2.21. The van der Waals surface area contributed by atoms with Crippen LogP contribution < -0.4 is 10.6 Å². The first-order valence-corrected chi connectivity index (χ1v) is 6.06. The van der Waals surface area contributed by atoms with Crippen LogP contribution in [-0.4, -0.2) is 23.1 Å². The maximum absolute atomic E-state index is 11.6. The molecule has 0 saturated heterocycles. The second kappa shape index (κ2) is 5.77. The molecule has 1 rings (SSSR count). The minimum atomic E-state index is -1.13. The summed E-state index contributed by atoms with van der Waals surface area (Å²) in [5.74, 6) is -0.867. The van der Waals surface area contributed by atoms with Crippen LogP contribution in [0.4, 0.5) is 4.79 Å². The van der Waals surface area contributed by atoms with Crippen LogP contribution in [-0.2, 0) is 6.54 Å². The van der Waals surface area contributed by atoms with Crippen LogP contribution in [0.5, 0.6) is 0 Å². The highest BCUT2D eigenvalue weighted by Crippen LogP contribution is 2.18. The van der Waals surface area contributed by atoms with E-state index in [1.807, 2.05) is 27.7 Å². The van der Waals surface area contributed by atoms with Gasteiger partial charge in [-0.2, -0.15) is 0 Å². The Kier molecular flexibility index (Phi) is 4.58. The lowest BCUT2D eigenvalue weighted by Crippen LogP contribution is -2.46. The first-order chi connectivity index (χ1) is 8.70. The Morgan fingerprint density at radius 2 is 2.00 bits per heavy atom. The van der Waals surface area contributed by atoms with Gasteiger partial charge in [-0.05, 0) is 24.5 Å². The number of carbonyl (C=O) groups is 2. The first kappa shape index (κ1) is 15.1. The molecule has 0 bridgehead atoms. The molecular formula is C13H20N2O4. The van der Waals surface area contributed by atoms with Crippen molar-refractivity contribution in [1.29, 1.82) is 0 Å². The standard InChI is InChI=1S/C13H20N2O4/c1-8(13(2,3)4)15-12(18)14-7-9-5-6-10(19-9)11(16)17/h5-6,8H,7H2,1-4H3,(H,16,17)(H2,14,15,18). The monoisotopic (exact) mass is 268 g/mol. The lowest BCUT2D eigenvalue weighted by atomic mass is 9.88. The largest absolute Gasteiger partial charge is 0.475 e. The molecule has 1 atom stereocenters. The molecule has 1 unspecified atom stereocenters. The molecule has 6 heteroatoms. The van der Waals surface area contributed by atoms with Gasteiger partial charge in [0.05, 0.1) is 6.54 Å². The number of nitrogens with one attached hydrogen (secondary N) is 2. The normalized spacial score (nSPS) is 12.8. The van der Waals surface area contributed by atoms with Crippen molar-refractivity contribution in [2.24, 2.45) is 5.41 Å². The number of carboxylic acids is 1. The number of carboxylic acid groups (broad SMARTS) is 1. The average Bonchev–Trinajstić information content (AvgIpc) is 2.73. The number of furan rings is 1. The molecule has 1 aromatic rings. The Morgan fingerprint density at radius 1 is 1.37 bits per heavy atom. The van der Waals surface area contributed by atoms with E-state index in [1.54, 1.807) is 0 Å². The first-order valence-electron chi connectivity index (χ1n) is 6.06. The van der Waals surface area contributed by atoms with E-state index in [0.29, 0.717) is 5.76 Å². The summed E-state index contributed by atoms with van der Waals surface area (Å²) in [6, 6.07) is 2.58. The van der Waals surface area contributed by atoms with Crippen molar-refractivity contribution in [2.45, 2.75) is 40.3 Å². The van der Waals surface area contributed by atoms with Crippen molar-refractivity contribution in [2.75, 3.05) is 0 Å². The Morgan fingerprint density at radius 3 is 2.47 bits per heavy atom. The van der Waals surface area contributed by atoms with Gasteiger partial charge >= 0.3 is 12.0 Å². The van der Waals surface area contributed by atoms with Gasteiger partial charge in [-0.25, -0.2) is 9.59 Å². The Hall–Kier alpha value is -1.98. The van der Waals surface area contributed by atoms with Crippen LogP contribution in [0, 0.1) is 5.41 Å². The molecule has 0 aliphatic heterocycles. The molecule has 106 valence electrons. The van der Waals surface area contributed by atoms with Gasteiger partial charge in [-0.15, -0.1) is 0 Å². The van der Waals surface area contributed by atoms with E-state index in [9.17, 15) is 9.59 Å². The van der Waals surface area contributed by atoms with Gasteiger partial charge in [0.2, 0.25) is 5.76 Å². The summed E-state index contributed by atoms with van der Waals surface area (Å²) in [6.07, 6.45) is 0. The maximum atomic E-state index is 11.6. The zero-order valence-corrected chi connectivity index (χ0v) is 11.6. The highest BCUT2D eigenvalue weighted by molar-refractivity contribution is 5.84. The third-order valence-electron chi connectivity index (χ3n) is 2.94. The maximum Gasteiger partial charge on any atom is 0.371 e. The van der Waals surface area contributed by atoms with Crippen LogP contribution in [0.3, 0.4) is 0 Å². The van der Waals surface area contributed by atoms with Gasteiger partial charge in [0.15, 0.2) is 0 Å². The van der Waals surface area contributed by atoms with Crippen molar-refractivity contribution in [3.63, 3.8) is 0 Å². The van der Waals surface area contributed by atoms with E-state index in [2.05, 4.69) is 10.6 Å². The van der Waals surface area contributed by atoms with Crippen molar-refractivity contribution in [3.8, 4) is 0 Å². The number of hydrogen-bond acceptors (Lipinski definition) is 3. The molecule has 0 aliphatic carbocycles. The summed E-state index contributed by atoms with van der Waals surface area (Å²) < 4.78 is 5.03. The van der Waals surface area contributed by atoms with Crippen LogP contribution >= 0.6 is 0 Å². The second-order valence-corrected chi connectivity index (χ2v) is 5.49.